The zero-order chi connectivity index (χ0) is 38.9. The van der Waals surface area contributed by atoms with Gasteiger partial charge >= 0.3 is 0 Å². The molecule has 8 aromatic carbocycles. The van der Waals surface area contributed by atoms with Crippen molar-refractivity contribution in [1.82, 2.24) is 19.9 Å². The first-order valence-corrected chi connectivity index (χ1v) is 20.2. The molecule has 1 aliphatic rings. The standard InChI is InChI=1S/C55H36N4/c1-3-11-37-29-40(19-17-35(37)9-1)54-45-14-5-6-15-46(45)55(41-20-18-36-10-2-4-12-38(36)30-41)48-31-39(21-24-47(48)54)42-22-25-50(57-32-42)51-26-23-43(33-58-51)59-52-16-8-7-13-44(52)49-34-56-28-27-53(49)59/h1-33,56H,34H2. The Morgan fingerprint density at radius 1 is 0.424 bits per heavy atom. The molecule has 0 fully saturated rings. The first-order chi connectivity index (χ1) is 29.2. The van der Waals surface area contributed by atoms with Gasteiger partial charge in [-0.1, -0.05) is 133 Å². The van der Waals surface area contributed by atoms with Crippen LogP contribution in [0.3, 0.4) is 0 Å². The van der Waals surface area contributed by atoms with Crippen molar-refractivity contribution in [2.24, 2.45) is 0 Å². The molecule has 0 radical (unpaired) electrons. The summed E-state index contributed by atoms with van der Waals surface area (Å²) in [6, 6.07) is 63.9. The highest BCUT2D eigenvalue weighted by Gasteiger charge is 2.20. The van der Waals surface area contributed by atoms with E-state index < -0.39 is 0 Å². The fraction of sp³-hybridized carbons (Fsp3) is 0.0182. The maximum atomic E-state index is 4.99. The van der Waals surface area contributed by atoms with E-state index in [1.165, 1.54) is 87.5 Å². The van der Waals surface area contributed by atoms with Crippen LogP contribution in [0.5, 0.6) is 0 Å². The molecule has 4 nitrogen and oxygen atoms in total. The predicted octanol–water partition coefficient (Wildman–Crippen LogP) is 13.8. The van der Waals surface area contributed by atoms with Gasteiger partial charge in [0.25, 0.3) is 0 Å². The van der Waals surface area contributed by atoms with Crippen molar-refractivity contribution < 1.29 is 0 Å². The summed E-state index contributed by atoms with van der Waals surface area (Å²) in [6.45, 7) is 0.811. The van der Waals surface area contributed by atoms with E-state index in [0.717, 1.165) is 34.7 Å². The summed E-state index contributed by atoms with van der Waals surface area (Å²) in [4.78, 5) is 9.92. The summed E-state index contributed by atoms with van der Waals surface area (Å²) in [6.07, 6.45) is 8.12. The smallest absolute Gasteiger partial charge is 0.0887 e. The number of para-hydroxylation sites is 1. The Hall–Kier alpha value is -7.82. The van der Waals surface area contributed by atoms with E-state index in [1.54, 1.807) is 0 Å². The second-order valence-corrected chi connectivity index (χ2v) is 15.4. The Labute approximate surface area is 341 Å². The fourth-order valence-corrected chi connectivity index (χ4v) is 9.32. The number of rotatable bonds is 5. The van der Waals surface area contributed by atoms with E-state index in [-0.39, 0.29) is 0 Å². The molecule has 0 spiro atoms. The Kier molecular flexibility index (Phi) is 7.57. The van der Waals surface area contributed by atoms with Crippen LogP contribution in [-0.4, -0.2) is 14.5 Å². The van der Waals surface area contributed by atoms with Gasteiger partial charge in [0.1, 0.15) is 0 Å². The second kappa shape index (κ2) is 13.4. The van der Waals surface area contributed by atoms with Gasteiger partial charge in [-0.2, -0.15) is 0 Å². The van der Waals surface area contributed by atoms with Crippen LogP contribution in [0.15, 0.2) is 195 Å². The molecule has 1 aliphatic heterocycles. The molecular formula is C55H36N4. The zero-order valence-electron chi connectivity index (χ0n) is 32.1. The van der Waals surface area contributed by atoms with Crippen LogP contribution in [-0.2, 0) is 6.54 Å². The number of pyridine rings is 2. The highest BCUT2D eigenvalue weighted by molar-refractivity contribution is 6.22. The number of nitrogens with zero attached hydrogens (tertiary/aromatic N) is 3. The van der Waals surface area contributed by atoms with Gasteiger partial charge in [0, 0.05) is 29.3 Å². The Bertz CT molecular complexity index is 3480. The lowest BCUT2D eigenvalue weighted by atomic mass is 9.84. The second-order valence-electron chi connectivity index (χ2n) is 15.4. The molecule has 1 N–H and O–H groups in total. The molecule has 0 unspecified atom stereocenters. The van der Waals surface area contributed by atoms with Crippen molar-refractivity contribution in [3.8, 4) is 50.5 Å². The van der Waals surface area contributed by atoms with E-state index >= 15 is 0 Å². The predicted molar refractivity (Wildman–Crippen MR) is 247 cm³/mol. The van der Waals surface area contributed by atoms with Crippen molar-refractivity contribution in [2.75, 3.05) is 0 Å². The molecule has 276 valence electrons. The van der Waals surface area contributed by atoms with E-state index in [1.807, 2.05) is 18.6 Å². The lowest BCUT2D eigenvalue weighted by molar-refractivity contribution is 0.855. The molecule has 59 heavy (non-hydrogen) atoms. The SMILES string of the molecule is C1=Cc2c(c3ccccc3n2-c2ccc(-c3ccc(-c4ccc5c(-c6ccc7ccccc7c6)c6ccccc6c(-c6ccc7ccccc7c6)c5c4)cn3)nc2)CN1. The minimum atomic E-state index is 0.811. The van der Waals surface area contributed by atoms with Crippen LogP contribution in [0.4, 0.5) is 0 Å². The summed E-state index contributed by atoms with van der Waals surface area (Å²) in [5.74, 6) is 0. The molecule has 0 aliphatic carbocycles. The van der Waals surface area contributed by atoms with Crippen molar-refractivity contribution >= 4 is 60.1 Å². The van der Waals surface area contributed by atoms with Crippen LogP contribution in [0.1, 0.15) is 11.3 Å². The summed E-state index contributed by atoms with van der Waals surface area (Å²) in [5.41, 5.74) is 13.5. The summed E-state index contributed by atoms with van der Waals surface area (Å²) in [5, 5.41) is 14.5. The molecule has 0 atom stereocenters. The Morgan fingerprint density at radius 2 is 0.983 bits per heavy atom. The quantitative estimate of drug-likeness (QED) is 0.178. The molecule has 4 heteroatoms. The van der Waals surface area contributed by atoms with Crippen LogP contribution >= 0.6 is 0 Å². The zero-order valence-corrected chi connectivity index (χ0v) is 32.1. The molecule has 0 saturated carbocycles. The molecule has 0 bridgehead atoms. The largest absolute Gasteiger partial charge is 0.387 e. The van der Waals surface area contributed by atoms with Crippen LogP contribution in [0.25, 0.3) is 111 Å². The van der Waals surface area contributed by atoms with Gasteiger partial charge < -0.3 is 9.88 Å². The Balaban J connectivity index is 0.983. The average molecular weight is 753 g/mol. The van der Waals surface area contributed by atoms with Gasteiger partial charge in [0.15, 0.2) is 0 Å². The maximum Gasteiger partial charge on any atom is 0.0887 e. The summed E-state index contributed by atoms with van der Waals surface area (Å²) >= 11 is 0. The Morgan fingerprint density at radius 3 is 1.64 bits per heavy atom. The van der Waals surface area contributed by atoms with Gasteiger partial charge in [-0.25, -0.2) is 0 Å². The van der Waals surface area contributed by atoms with Crippen LogP contribution in [0, 0.1) is 0 Å². The van der Waals surface area contributed by atoms with Gasteiger partial charge in [-0.05, 0) is 126 Å². The number of aromatic nitrogens is 3. The first-order valence-electron chi connectivity index (χ1n) is 20.2. The minimum Gasteiger partial charge on any atom is -0.387 e. The maximum absolute atomic E-state index is 4.99. The summed E-state index contributed by atoms with van der Waals surface area (Å²) < 4.78 is 2.30. The molecule has 12 rings (SSSR count). The lowest BCUT2D eigenvalue weighted by Crippen LogP contribution is -2.11. The van der Waals surface area contributed by atoms with E-state index in [9.17, 15) is 0 Å². The van der Waals surface area contributed by atoms with Gasteiger partial charge in [0.05, 0.1) is 34.5 Å². The van der Waals surface area contributed by atoms with E-state index in [2.05, 4.69) is 192 Å². The molecular weight excluding hydrogens is 717 g/mol. The van der Waals surface area contributed by atoms with Gasteiger partial charge in [0.2, 0.25) is 0 Å². The third-order valence-electron chi connectivity index (χ3n) is 12.1. The normalized spacial score (nSPS) is 12.4. The third-order valence-corrected chi connectivity index (χ3v) is 12.1. The number of nitrogens with one attached hydrogen (secondary N) is 1. The first kappa shape index (κ1) is 33.3. The van der Waals surface area contributed by atoms with Crippen molar-refractivity contribution in [3.63, 3.8) is 0 Å². The monoisotopic (exact) mass is 752 g/mol. The number of hydrogen-bond donors (Lipinski definition) is 1. The number of hydrogen-bond acceptors (Lipinski definition) is 3. The van der Waals surface area contributed by atoms with Crippen molar-refractivity contribution in [3.05, 3.63) is 206 Å². The van der Waals surface area contributed by atoms with Crippen LogP contribution < -0.4 is 5.32 Å². The van der Waals surface area contributed by atoms with Gasteiger partial charge in [-0.15, -0.1) is 0 Å². The summed E-state index contributed by atoms with van der Waals surface area (Å²) in [7, 11) is 0. The molecule has 0 amide bonds. The van der Waals surface area contributed by atoms with Crippen molar-refractivity contribution in [1.29, 1.82) is 0 Å². The van der Waals surface area contributed by atoms with E-state index in [4.69, 9.17) is 9.97 Å². The third kappa shape index (κ3) is 5.45. The minimum absolute atomic E-state index is 0.811. The molecule has 4 heterocycles. The highest BCUT2D eigenvalue weighted by Crippen LogP contribution is 2.46. The topological polar surface area (TPSA) is 42.7 Å². The fourth-order valence-electron chi connectivity index (χ4n) is 9.32. The van der Waals surface area contributed by atoms with Crippen molar-refractivity contribution in [2.45, 2.75) is 6.54 Å². The number of fused-ring (bicyclic) bond motifs is 7. The molecule has 0 saturated heterocycles. The highest BCUT2D eigenvalue weighted by atomic mass is 15.0. The van der Waals surface area contributed by atoms with Gasteiger partial charge in [-0.3, -0.25) is 9.97 Å². The lowest BCUT2D eigenvalue weighted by Gasteiger charge is -2.19. The average Bonchev–Trinajstić information content (AvgIpc) is 3.65. The molecule has 11 aromatic rings. The van der Waals surface area contributed by atoms with E-state index in [0.29, 0.717) is 0 Å². The number of benzene rings is 8. The molecule has 3 aromatic heterocycles. The van der Waals surface area contributed by atoms with Crippen LogP contribution in [0.2, 0.25) is 0 Å².